The van der Waals surface area contributed by atoms with Crippen molar-refractivity contribution in [3.8, 4) is 0 Å². The van der Waals surface area contributed by atoms with Crippen LogP contribution in [0.4, 0.5) is 0 Å². The third-order valence-corrected chi connectivity index (χ3v) is 6.40. The molecule has 12 nitrogen and oxygen atoms in total. The van der Waals surface area contributed by atoms with Gasteiger partial charge >= 0.3 is 0 Å². The van der Waals surface area contributed by atoms with E-state index in [0.29, 0.717) is 36.6 Å². The summed E-state index contributed by atoms with van der Waals surface area (Å²) in [6.45, 7) is 0. The Morgan fingerprint density at radius 2 is 0.824 bits per heavy atom. The monoisotopic (exact) mass is 532 g/mol. The fourth-order valence-electron chi connectivity index (χ4n) is 5.01. The molecule has 8 unspecified atom stereocenters. The molecule has 0 radical (unpaired) electrons. The van der Waals surface area contributed by atoms with E-state index in [2.05, 4.69) is 24.3 Å². The predicted molar refractivity (Wildman–Crippen MR) is 92.1 cm³/mol. The highest BCUT2D eigenvalue weighted by molar-refractivity contribution is 5.07. The van der Waals surface area contributed by atoms with Crippen molar-refractivity contribution in [2.45, 2.75) is 100 Å². The molecule has 0 spiro atoms. The zero-order valence-corrected chi connectivity index (χ0v) is 19.8. The van der Waals surface area contributed by atoms with Crippen LogP contribution in [-0.4, -0.2) is 58.3 Å². The van der Waals surface area contributed by atoms with Gasteiger partial charge in [0.15, 0.2) is 12.2 Å². The van der Waals surface area contributed by atoms with Crippen molar-refractivity contribution in [1.82, 2.24) is 0 Å². The third kappa shape index (κ3) is 10.3. The fourth-order valence-corrected chi connectivity index (χ4v) is 5.01. The number of hydrogen-bond acceptors (Lipinski definition) is 10. The Balaban J connectivity index is 0.000000277. The molecule has 0 saturated carbocycles. The van der Waals surface area contributed by atoms with E-state index in [1.807, 2.05) is 0 Å². The Morgan fingerprint density at radius 1 is 0.500 bits per heavy atom. The maximum Gasteiger partial charge on any atom is 0.201 e. The molecule has 8 atom stereocenters. The lowest BCUT2D eigenvalue weighted by molar-refractivity contribution is -2.00. The van der Waals surface area contributed by atoms with Crippen LogP contribution in [0.15, 0.2) is 24.3 Å². The molecule has 0 amide bonds. The molecule has 0 aromatic carbocycles. The number of aliphatic hydroxyl groups is 4. The van der Waals surface area contributed by atoms with Gasteiger partial charge in [-0.1, -0.05) is 0 Å². The first kappa shape index (κ1) is 28.2. The van der Waals surface area contributed by atoms with Gasteiger partial charge in [-0.3, -0.25) is 0 Å². The van der Waals surface area contributed by atoms with Gasteiger partial charge < -0.3 is 18.9 Å². The Kier molecular flexibility index (Phi) is 10.1. The van der Waals surface area contributed by atoms with Gasteiger partial charge in [-0.25, -0.2) is 37.3 Å². The number of rotatable bonds is 0. The number of fused-ring (bicyclic) bond motifs is 10. The van der Waals surface area contributed by atoms with Crippen molar-refractivity contribution in [3.05, 3.63) is 24.3 Å². The van der Waals surface area contributed by atoms with Crippen LogP contribution in [-0.2, 0) is 9.47 Å². The van der Waals surface area contributed by atoms with Crippen molar-refractivity contribution >= 4 is 0 Å². The largest absolute Gasteiger partial charge is 0.421 e. The molecule has 5 aliphatic rings. The molecule has 3 fully saturated rings. The van der Waals surface area contributed by atoms with Crippen molar-refractivity contribution in [1.29, 1.82) is 0 Å². The van der Waals surface area contributed by atoms with Crippen molar-refractivity contribution in [2.24, 2.45) is 0 Å². The van der Waals surface area contributed by atoms with Crippen molar-refractivity contribution in [2.75, 3.05) is 0 Å². The third-order valence-electron chi connectivity index (χ3n) is 6.40. The maximum absolute atomic E-state index is 8.49. The Bertz CT molecular complexity index is 624. The van der Waals surface area contributed by atoms with Crippen molar-refractivity contribution < 1.29 is 76.7 Å². The van der Waals surface area contributed by atoms with Crippen LogP contribution >= 0.6 is 0 Å². The molecule has 2 N–H and O–H groups in total. The molecule has 5 aliphatic heterocycles. The fraction of sp³-hybridized carbons (Fsp3) is 0.800. The van der Waals surface area contributed by atoms with E-state index >= 15 is 0 Å². The molecule has 5 heterocycles. The van der Waals surface area contributed by atoms with E-state index in [4.69, 9.17) is 56.2 Å². The summed E-state index contributed by atoms with van der Waals surface area (Å²) in [5, 5.41) is 0. The van der Waals surface area contributed by atoms with Crippen LogP contribution in [0.1, 0.15) is 51.4 Å². The van der Waals surface area contributed by atoms with Gasteiger partial charge in [-0.05, 0) is 50.7 Å². The lowest BCUT2D eigenvalue weighted by Crippen LogP contribution is -2.68. The summed E-state index contributed by atoms with van der Waals surface area (Å²) in [4.78, 5) is 0. The van der Waals surface area contributed by atoms with Crippen LogP contribution in [0.5, 0.6) is 0 Å². The highest BCUT2D eigenvalue weighted by atomic mass is 35.7. The average molecular weight is 533 g/mol. The average Bonchev–Trinajstić information content (AvgIpc) is 3.48. The lowest BCUT2D eigenvalue weighted by atomic mass is 10.1. The summed E-state index contributed by atoms with van der Waals surface area (Å²) >= 11 is 0. The normalized spacial score (nSPS) is 39.3. The number of ether oxygens (including phenoxy) is 4. The molecule has 8 bridgehead atoms. The van der Waals surface area contributed by atoms with Gasteiger partial charge in [0.05, 0.1) is 12.2 Å². The first-order chi connectivity index (χ1) is 15.8. The van der Waals surface area contributed by atoms with Gasteiger partial charge in [0.25, 0.3) is 0 Å². The SMILES string of the molecule is C1=CC2[OH+]C1CCC1CCC(O1)C1C=CC(CCC3CCC2O3)[OH+]1.[O-][Cl+3]([O-])([O-])[O-].[O-][Cl+3]([O-])([O-])[O-]. The summed E-state index contributed by atoms with van der Waals surface area (Å²) in [7, 11) is -9.89. The zero-order chi connectivity index (χ0) is 24.9. The second-order valence-corrected chi connectivity index (χ2v) is 10.4. The van der Waals surface area contributed by atoms with E-state index in [1.54, 1.807) is 0 Å². The van der Waals surface area contributed by atoms with Gasteiger partial charge in [-0.15, -0.1) is 20.5 Å². The second kappa shape index (κ2) is 12.2. The zero-order valence-electron chi connectivity index (χ0n) is 18.3. The van der Waals surface area contributed by atoms with Crippen LogP contribution in [0.3, 0.4) is 0 Å². The van der Waals surface area contributed by atoms with Gasteiger partial charge in [0.2, 0.25) is 12.2 Å². The molecule has 3 saturated heterocycles. The van der Waals surface area contributed by atoms with E-state index in [-0.39, 0.29) is 12.2 Å². The Labute approximate surface area is 201 Å². The van der Waals surface area contributed by atoms with Gasteiger partial charge in [-0.2, -0.15) is 0 Å². The summed E-state index contributed by atoms with van der Waals surface area (Å²) < 4.78 is 90.6. The maximum atomic E-state index is 8.49. The van der Waals surface area contributed by atoms with Crippen LogP contribution < -0.4 is 37.3 Å². The van der Waals surface area contributed by atoms with Crippen molar-refractivity contribution in [3.63, 3.8) is 0 Å². The summed E-state index contributed by atoms with van der Waals surface area (Å²) in [5.41, 5.74) is 0. The molecular weight excluding hydrogens is 503 g/mol. The molecule has 196 valence electrons. The van der Waals surface area contributed by atoms with Crippen LogP contribution in [0.25, 0.3) is 0 Å². The van der Waals surface area contributed by atoms with Gasteiger partial charge in [0.1, 0.15) is 12.2 Å². The molecule has 0 aromatic rings. The molecule has 0 aliphatic carbocycles. The number of hydrogen-bond donors (Lipinski definition) is 0. The minimum absolute atomic E-state index is 0.283. The van der Waals surface area contributed by atoms with E-state index in [0.717, 1.165) is 38.5 Å². The summed E-state index contributed by atoms with van der Waals surface area (Å²) in [6, 6.07) is 0. The standard InChI is InChI=1S/C20H28O4.2ClHO4/c1-2-14-6-10-19(22-14)20-12-8-16(24-20)4-3-15-7-11-18(23-15)17-9-5-13(1)21-17;2*2-1(3,4)5/h5,8-9,12-20H,1-4,6-7,10-11H2;2*(H,2,3,4,5). The molecule has 5 rings (SSSR count). The highest BCUT2D eigenvalue weighted by Gasteiger charge is 2.41. The lowest BCUT2D eigenvalue weighted by Gasteiger charge is -2.21. The molecule has 0 aromatic heterocycles. The van der Waals surface area contributed by atoms with Crippen LogP contribution in [0.2, 0.25) is 0 Å². The quantitative estimate of drug-likeness (QED) is 0.211. The second-order valence-electron chi connectivity index (χ2n) is 8.84. The first-order valence-electron chi connectivity index (χ1n) is 11.1. The first-order valence-corrected chi connectivity index (χ1v) is 13.6. The molecular formula is C20H30Cl2O12. The van der Waals surface area contributed by atoms with Crippen LogP contribution in [0, 0.1) is 20.5 Å². The Morgan fingerprint density at radius 3 is 1.18 bits per heavy atom. The summed E-state index contributed by atoms with van der Waals surface area (Å²) in [5.74, 6) is 0. The minimum Gasteiger partial charge on any atom is -0.421 e. The highest BCUT2D eigenvalue weighted by Crippen LogP contribution is 2.33. The smallest absolute Gasteiger partial charge is 0.201 e. The Hall–Kier alpha value is -0.420. The molecule has 14 heteroatoms. The van der Waals surface area contributed by atoms with E-state index in [1.165, 1.54) is 12.8 Å². The van der Waals surface area contributed by atoms with E-state index in [9.17, 15) is 0 Å². The topological polar surface area (TPSA) is 229 Å². The van der Waals surface area contributed by atoms with E-state index < -0.39 is 20.5 Å². The molecule has 34 heavy (non-hydrogen) atoms. The summed E-state index contributed by atoms with van der Waals surface area (Å²) in [6.07, 6.45) is 21.0. The minimum atomic E-state index is -4.94. The van der Waals surface area contributed by atoms with Gasteiger partial charge in [0, 0.05) is 25.0 Å². The number of halogens is 2. The predicted octanol–water partition coefficient (Wildman–Crippen LogP) is -7.19.